The molecule has 0 saturated heterocycles. The molecule has 178 valence electrons. The van der Waals surface area contributed by atoms with Crippen LogP contribution in [0.4, 0.5) is 10.5 Å². The van der Waals surface area contributed by atoms with Crippen molar-refractivity contribution in [3.8, 4) is 11.1 Å². The van der Waals surface area contributed by atoms with Crippen LogP contribution in [0.15, 0.2) is 71.2 Å². The maximum Gasteiger partial charge on any atom is 0.408 e. The lowest BCUT2D eigenvalue weighted by Gasteiger charge is -2.40. The van der Waals surface area contributed by atoms with Gasteiger partial charge in [-0.1, -0.05) is 64.5 Å². The minimum Gasteiger partial charge on any atom is -0.478 e. The van der Waals surface area contributed by atoms with Gasteiger partial charge in [-0.05, 0) is 59.7 Å². The van der Waals surface area contributed by atoms with Crippen LogP contribution in [0.5, 0.6) is 0 Å². The Morgan fingerprint density at radius 2 is 1.60 bits per heavy atom. The van der Waals surface area contributed by atoms with Gasteiger partial charge >= 0.3 is 12.1 Å². The maximum absolute atomic E-state index is 13.1. The monoisotopic (exact) mass is 534 g/mol. The van der Waals surface area contributed by atoms with Crippen molar-refractivity contribution in [1.82, 2.24) is 5.32 Å². The molecule has 3 aromatic rings. The molecule has 1 fully saturated rings. The first-order valence-electron chi connectivity index (χ1n) is 11.4. The highest BCUT2D eigenvalue weighted by Gasteiger charge is 2.46. The average Bonchev–Trinajstić information content (AvgIpc) is 3.13. The van der Waals surface area contributed by atoms with Crippen molar-refractivity contribution in [2.75, 3.05) is 11.9 Å². The van der Waals surface area contributed by atoms with Crippen LogP contribution in [0, 0.1) is 0 Å². The number of halogens is 1. The van der Waals surface area contributed by atoms with Gasteiger partial charge in [0.25, 0.3) is 0 Å². The number of anilines is 1. The number of carbonyl (C=O) groups is 3. The van der Waals surface area contributed by atoms with Gasteiger partial charge in [0.15, 0.2) is 0 Å². The molecule has 3 aromatic carbocycles. The topological polar surface area (TPSA) is 105 Å². The van der Waals surface area contributed by atoms with E-state index in [-0.39, 0.29) is 23.8 Å². The highest BCUT2D eigenvalue weighted by atomic mass is 79.9. The van der Waals surface area contributed by atoms with Gasteiger partial charge in [-0.2, -0.15) is 0 Å². The van der Waals surface area contributed by atoms with Crippen molar-refractivity contribution < 1.29 is 24.2 Å². The molecule has 0 atom stereocenters. The van der Waals surface area contributed by atoms with Gasteiger partial charge < -0.3 is 20.5 Å². The van der Waals surface area contributed by atoms with Crippen LogP contribution in [-0.4, -0.2) is 35.2 Å². The zero-order chi connectivity index (χ0) is 24.6. The number of ether oxygens (including phenoxy) is 1. The summed E-state index contributed by atoms with van der Waals surface area (Å²) in [6.45, 7) is 0.145. The van der Waals surface area contributed by atoms with Crippen molar-refractivity contribution in [2.45, 2.75) is 30.7 Å². The first-order chi connectivity index (χ1) is 16.9. The molecule has 0 bridgehead atoms. The van der Waals surface area contributed by atoms with Gasteiger partial charge in [-0.15, -0.1) is 0 Å². The van der Waals surface area contributed by atoms with Crippen molar-refractivity contribution in [2.24, 2.45) is 0 Å². The molecule has 2 amide bonds. The van der Waals surface area contributed by atoms with E-state index in [4.69, 9.17) is 4.74 Å². The number of carboxylic acid groups (broad SMARTS) is 1. The minimum absolute atomic E-state index is 0.0304. The third kappa shape index (κ3) is 4.30. The lowest BCUT2D eigenvalue weighted by Crippen LogP contribution is -2.61. The highest BCUT2D eigenvalue weighted by Crippen LogP contribution is 2.44. The second kappa shape index (κ2) is 9.19. The van der Waals surface area contributed by atoms with E-state index in [1.807, 2.05) is 36.4 Å². The summed E-state index contributed by atoms with van der Waals surface area (Å²) in [6, 6.07) is 20.7. The number of amides is 2. The van der Waals surface area contributed by atoms with E-state index in [2.05, 4.69) is 38.7 Å². The van der Waals surface area contributed by atoms with Crippen LogP contribution in [0.3, 0.4) is 0 Å². The van der Waals surface area contributed by atoms with Gasteiger partial charge in [0, 0.05) is 10.4 Å². The first-order valence-corrected chi connectivity index (χ1v) is 12.1. The van der Waals surface area contributed by atoms with Crippen LogP contribution in [0.25, 0.3) is 11.1 Å². The molecule has 5 rings (SSSR count). The van der Waals surface area contributed by atoms with E-state index >= 15 is 0 Å². The first kappa shape index (κ1) is 23.1. The number of hydrogen-bond donors (Lipinski definition) is 3. The lowest BCUT2D eigenvalue weighted by atomic mass is 9.76. The Hall–Kier alpha value is -3.65. The Labute approximate surface area is 210 Å². The zero-order valence-electron chi connectivity index (χ0n) is 18.7. The van der Waals surface area contributed by atoms with Crippen molar-refractivity contribution in [1.29, 1.82) is 0 Å². The zero-order valence-corrected chi connectivity index (χ0v) is 20.3. The Morgan fingerprint density at radius 3 is 2.17 bits per heavy atom. The van der Waals surface area contributed by atoms with E-state index in [1.54, 1.807) is 6.07 Å². The van der Waals surface area contributed by atoms with Gasteiger partial charge in [0.05, 0.1) is 11.3 Å². The largest absolute Gasteiger partial charge is 0.478 e. The fraction of sp³-hybridized carbons (Fsp3) is 0.222. The predicted molar refractivity (Wildman–Crippen MR) is 135 cm³/mol. The standard InChI is InChI=1S/C27H23BrN2O5/c28-16-10-11-21(24(31)32)23(14-16)29-25(33)27(12-5-13-27)30-26(34)35-15-22-19-8-3-1-6-17(19)18-7-2-4-9-20(18)22/h1-4,6-11,14,22H,5,12-13,15H2,(H,29,33)(H,30,34)(H,31,32). The Kier molecular flexibility index (Phi) is 6.06. The quantitative estimate of drug-likeness (QED) is 0.384. The molecule has 1 saturated carbocycles. The van der Waals surface area contributed by atoms with E-state index in [0.717, 1.165) is 28.7 Å². The lowest BCUT2D eigenvalue weighted by molar-refractivity contribution is -0.125. The van der Waals surface area contributed by atoms with Crippen LogP contribution >= 0.6 is 15.9 Å². The molecule has 0 spiro atoms. The maximum atomic E-state index is 13.1. The smallest absolute Gasteiger partial charge is 0.408 e. The van der Waals surface area contributed by atoms with E-state index in [1.165, 1.54) is 12.1 Å². The van der Waals surface area contributed by atoms with Crippen LogP contribution in [-0.2, 0) is 9.53 Å². The van der Waals surface area contributed by atoms with E-state index in [0.29, 0.717) is 17.3 Å². The minimum atomic E-state index is -1.15. The Balaban J connectivity index is 1.28. The number of hydrogen-bond acceptors (Lipinski definition) is 4. The summed E-state index contributed by atoms with van der Waals surface area (Å²) in [4.78, 5) is 37.5. The SMILES string of the molecule is O=C(NC1(C(=O)Nc2cc(Br)ccc2C(=O)O)CCC1)OCC1c2ccccc2-c2ccccc21. The van der Waals surface area contributed by atoms with Crippen LogP contribution in [0.2, 0.25) is 0 Å². The second-order valence-corrected chi connectivity index (χ2v) is 9.75. The molecular formula is C27H23BrN2O5. The Morgan fingerprint density at radius 1 is 0.971 bits per heavy atom. The molecule has 7 nitrogen and oxygen atoms in total. The molecule has 0 radical (unpaired) electrons. The number of carboxylic acids is 1. The Bertz CT molecular complexity index is 1290. The van der Waals surface area contributed by atoms with Crippen molar-refractivity contribution in [3.05, 3.63) is 87.9 Å². The third-order valence-corrected chi connectivity index (χ3v) is 7.28. The van der Waals surface area contributed by atoms with Gasteiger partial charge in [-0.3, -0.25) is 4.79 Å². The number of alkyl carbamates (subject to hydrolysis) is 1. The summed E-state index contributed by atoms with van der Waals surface area (Å²) in [5, 5.41) is 14.9. The summed E-state index contributed by atoms with van der Waals surface area (Å²) < 4.78 is 6.25. The summed E-state index contributed by atoms with van der Waals surface area (Å²) in [7, 11) is 0. The highest BCUT2D eigenvalue weighted by molar-refractivity contribution is 9.10. The van der Waals surface area contributed by atoms with Gasteiger partial charge in [0.2, 0.25) is 5.91 Å². The molecule has 8 heteroatoms. The summed E-state index contributed by atoms with van der Waals surface area (Å²) in [5.74, 6) is -1.70. The third-order valence-electron chi connectivity index (χ3n) is 6.79. The molecule has 3 N–H and O–H groups in total. The van der Waals surface area contributed by atoms with Crippen molar-refractivity contribution in [3.63, 3.8) is 0 Å². The van der Waals surface area contributed by atoms with Crippen LogP contribution in [0.1, 0.15) is 46.7 Å². The summed E-state index contributed by atoms with van der Waals surface area (Å²) in [6.07, 6.45) is 0.981. The van der Waals surface area contributed by atoms with Crippen LogP contribution < -0.4 is 10.6 Å². The summed E-state index contributed by atoms with van der Waals surface area (Å²) >= 11 is 3.30. The number of fused-ring (bicyclic) bond motifs is 3. The normalized spacial score (nSPS) is 15.3. The number of aromatic carboxylic acids is 1. The predicted octanol–water partition coefficient (Wildman–Crippen LogP) is 5.55. The number of rotatable bonds is 6. The molecule has 0 heterocycles. The van der Waals surface area contributed by atoms with E-state index in [9.17, 15) is 19.5 Å². The second-order valence-electron chi connectivity index (χ2n) is 8.84. The number of benzene rings is 3. The number of carbonyl (C=O) groups excluding carboxylic acids is 2. The van der Waals surface area contributed by atoms with Gasteiger partial charge in [-0.25, -0.2) is 9.59 Å². The summed E-state index contributed by atoms with van der Waals surface area (Å²) in [5.41, 5.74) is 3.47. The molecule has 0 unspecified atom stereocenters. The fourth-order valence-electron chi connectivity index (χ4n) is 4.82. The van der Waals surface area contributed by atoms with Gasteiger partial charge in [0.1, 0.15) is 12.1 Å². The van der Waals surface area contributed by atoms with Crippen molar-refractivity contribution >= 4 is 39.6 Å². The molecule has 2 aliphatic carbocycles. The molecule has 35 heavy (non-hydrogen) atoms. The average molecular weight is 535 g/mol. The molecular weight excluding hydrogens is 512 g/mol. The molecule has 0 aromatic heterocycles. The van der Waals surface area contributed by atoms with E-state index < -0.39 is 23.5 Å². The fourth-order valence-corrected chi connectivity index (χ4v) is 5.18. The molecule has 0 aliphatic heterocycles. The number of nitrogens with one attached hydrogen (secondary N) is 2. The molecule has 2 aliphatic rings.